The number of nitrogens with zero attached hydrogens (tertiary/aromatic N) is 1. The second-order valence-corrected chi connectivity index (χ2v) is 6.60. The molecule has 0 saturated carbocycles. The van der Waals surface area contributed by atoms with Crippen molar-refractivity contribution in [2.24, 2.45) is 0 Å². The fraction of sp³-hybridized carbons (Fsp3) is 0.125. The van der Waals surface area contributed by atoms with Crippen LogP contribution >= 0.6 is 22.9 Å². The molecule has 6 heteroatoms. The van der Waals surface area contributed by atoms with Gasteiger partial charge in [-0.15, -0.1) is 11.3 Å². The summed E-state index contributed by atoms with van der Waals surface area (Å²) in [5, 5.41) is 9.61. The summed E-state index contributed by atoms with van der Waals surface area (Å²) in [4.78, 5) is 24.3. The van der Waals surface area contributed by atoms with Crippen molar-refractivity contribution >= 4 is 39.1 Å². The number of carboxylic acids is 1. The summed E-state index contributed by atoms with van der Waals surface area (Å²) in [7, 11) is 0. The lowest BCUT2D eigenvalue weighted by Crippen LogP contribution is -2.19. The molecule has 0 aliphatic heterocycles. The van der Waals surface area contributed by atoms with Crippen molar-refractivity contribution in [3.63, 3.8) is 0 Å². The maximum absolute atomic E-state index is 12.2. The zero-order valence-corrected chi connectivity index (χ0v) is 13.2. The van der Waals surface area contributed by atoms with Gasteiger partial charge in [0.25, 0.3) is 0 Å². The number of benzene rings is 1. The molecule has 3 aromatic rings. The van der Waals surface area contributed by atoms with Crippen molar-refractivity contribution in [1.29, 1.82) is 0 Å². The number of aromatic carboxylic acids is 1. The van der Waals surface area contributed by atoms with Gasteiger partial charge in [0.15, 0.2) is 0 Å². The second kappa shape index (κ2) is 5.59. The summed E-state index contributed by atoms with van der Waals surface area (Å²) >= 11 is 7.30. The van der Waals surface area contributed by atoms with Crippen LogP contribution in [0, 0.1) is 0 Å². The largest absolute Gasteiger partial charge is 0.477 e. The summed E-state index contributed by atoms with van der Waals surface area (Å²) < 4.78 is 2.26. The molecule has 1 aromatic carbocycles. The smallest absolute Gasteiger partial charge is 0.341 e. The van der Waals surface area contributed by atoms with E-state index in [1.807, 2.05) is 37.3 Å². The van der Waals surface area contributed by atoms with Crippen LogP contribution < -0.4 is 5.43 Å². The van der Waals surface area contributed by atoms with Crippen LogP contribution in [0.4, 0.5) is 0 Å². The van der Waals surface area contributed by atoms with E-state index >= 15 is 0 Å². The monoisotopic (exact) mass is 333 g/mol. The van der Waals surface area contributed by atoms with Crippen LogP contribution in [0.2, 0.25) is 4.34 Å². The van der Waals surface area contributed by atoms with E-state index in [1.165, 1.54) is 23.6 Å². The Balaban J connectivity index is 2.31. The molecule has 0 aliphatic rings. The Hall–Kier alpha value is -2.11. The van der Waals surface area contributed by atoms with Gasteiger partial charge in [-0.25, -0.2) is 4.79 Å². The summed E-state index contributed by atoms with van der Waals surface area (Å²) in [5.74, 6) is -1.23. The predicted octanol–water partition coefficient (Wildman–Crippen LogP) is 4.02. The van der Waals surface area contributed by atoms with Crippen molar-refractivity contribution in [3.8, 4) is 0 Å². The Morgan fingerprint density at radius 1 is 1.32 bits per heavy atom. The van der Waals surface area contributed by atoms with Gasteiger partial charge in [-0.2, -0.15) is 0 Å². The molecule has 0 spiro atoms. The summed E-state index contributed by atoms with van der Waals surface area (Å²) in [6.45, 7) is 1.96. The summed E-state index contributed by atoms with van der Waals surface area (Å²) in [6, 6.07) is 11.1. The highest BCUT2D eigenvalue weighted by Gasteiger charge is 2.19. The first-order valence-electron chi connectivity index (χ1n) is 6.61. The minimum absolute atomic E-state index is 0.114. The van der Waals surface area contributed by atoms with Gasteiger partial charge in [0.05, 0.1) is 15.8 Å². The first-order valence-corrected chi connectivity index (χ1v) is 7.81. The molecule has 2 aromatic heterocycles. The Morgan fingerprint density at radius 3 is 2.64 bits per heavy atom. The van der Waals surface area contributed by atoms with E-state index in [2.05, 4.69) is 0 Å². The molecule has 2 heterocycles. The summed E-state index contributed by atoms with van der Waals surface area (Å²) in [5.41, 5.74) is 0.278. The van der Waals surface area contributed by atoms with E-state index in [9.17, 15) is 14.7 Å². The molecule has 0 unspecified atom stereocenters. The number of thiophene rings is 1. The number of halogens is 1. The molecule has 22 heavy (non-hydrogen) atoms. The number of hydrogen-bond acceptors (Lipinski definition) is 3. The maximum Gasteiger partial charge on any atom is 0.341 e. The zero-order chi connectivity index (χ0) is 15.9. The topological polar surface area (TPSA) is 59.3 Å². The van der Waals surface area contributed by atoms with E-state index in [1.54, 1.807) is 4.57 Å². The average molecular weight is 334 g/mol. The maximum atomic E-state index is 12.2. The Morgan fingerprint density at radius 2 is 2.00 bits per heavy atom. The Labute approximate surface area is 135 Å². The molecule has 4 nitrogen and oxygen atoms in total. The van der Waals surface area contributed by atoms with Crippen molar-refractivity contribution in [3.05, 3.63) is 68.3 Å². The highest BCUT2D eigenvalue weighted by molar-refractivity contribution is 7.22. The molecule has 0 saturated heterocycles. The third kappa shape index (κ3) is 2.42. The fourth-order valence-corrected chi connectivity index (χ4v) is 3.71. The van der Waals surface area contributed by atoms with E-state index in [0.29, 0.717) is 14.6 Å². The van der Waals surface area contributed by atoms with Crippen LogP contribution in [0.3, 0.4) is 0 Å². The van der Waals surface area contributed by atoms with Crippen LogP contribution in [0.15, 0.2) is 47.4 Å². The molecule has 1 atom stereocenters. The normalized spacial score (nSPS) is 12.5. The first kappa shape index (κ1) is 14.8. The van der Waals surface area contributed by atoms with Gasteiger partial charge in [0.2, 0.25) is 5.43 Å². The first-order chi connectivity index (χ1) is 10.5. The molecule has 112 valence electrons. The minimum atomic E-state index is -1.23. The zero-order valence-electron chi connectivity index (χ0n) is 11.6. The number of aromatic nitrogens is 1. The molecular formula is C16H12ClNO3S. The lowest BCUT2D eigenvalue weighted by molar-refractivity contribution is 0.0695. The van der Waals surface area contributed by atoms with Gasteiger partial charge < -0.3 is 9.67 Å². The van der Waals surface area contributed by atoms with Crippen molar-refractivity contribution in [2.75, 3.05) is 0 Å². The quantitative estimate of drug-likeness (QED) is 0.787. The molecule has 0 fully saturated rings. The van der Waals surface area contributed by atoms with Gasteiger partial charge in [-0.05, 0) is 18.6 Å². The van der Waals surface area contributed by atoms with Crippen LogP contribution in [0.5, 0.6) is 0 Å². The van der Waals surface area contributed by atoms with Crippen molar-refractivity contribution < 1.29 is 9.90 Å². The highest BCUT2D eigenvalue weighted by Crippen LogP contribution is 2.31. The van der Waals surface area contributed by atoms with E-state index in [4.69, 9.17) is 11.6 Å². The van der Waals surface area contributed by atoms with Crippen LogP contribution in [-0.4, -0.2) is 15.6 Å². The number of fused-ring (bicyclic) bond motifs is 1. The number of hydrogen-bond donors (Lipinski definition) is 1. The van der Waals surface area contributed by atoms with Gasteiger partial charge in [0, 0.05) is 6.20 Å². The third-order valence-corrected chi connectivity index (χ3v) is 4.88. The second-order valence-electron chi connectivity index (χ2n) is 4.94. The highest BCUT2D eigenvalue weighted by atomic mass is 35.5. The van der Waals surface area contributed by atoms with E-state index < -0.39 is 11.4 Å². The predicted molar refractivity (Wildman–Crippen MR) is 88.3 cm³/mol. The number of carboxylic acid groups (broad SMARTS) is 1. The SMILES string of the molecule is C[C@H](c1ccccc1)n1cc(C(=O)O)c(=O)c2cc(Cl)sc21. The van der Waals surface area contributed by atoms with Gasteiger partial charge in [0.1, 0.15) is 10.4 Å². The van der Waals surface area contributed by atoms with E-state index in [0.717, 1.165) is 5.56 Å². The molecule has 3 rings (SSSR count). The lowest BCUT2D eigenvalue weighted by atomic mass is 10.1. The molecular weight excluding hydrogens is 322 g/mol. The van der Waals surface area contributed by atoms with Crippen LogP contribution in [0.25, 0.3) is 10.2 Å². The average Bonchev–Trinajstić information content (AvgIpc) is 2.90. The van der Waals surface area contributed by atoms with Crippen molar-refractivity contribution in [1.82, 2.24) is 4.57 Å². The van der Waals surface area contributed by atoms with Gasteiger partial charge in [-0.1, -0.05) is 41.9 Å². The molecule has 1 N–H and O–H groups in total. The lowest BCUT2D eigenvalue weighted by Gasteiger charge is -2.18. The van der Waals surface area contributed by atoms with Crippen LogP contribution in [-0.2, 0) is 0 Å². The molecule has 0 aliphatic carbocycles. The number of carbonyl (C=O) groups is 1. The van der Waals surface area contributed by atoms with Crippen LogP contribution in [0.1, 0.15) is 28.9 Å². The Bertz CT molecular complexity index is 914. The molecule has 0 radical (unpaired) electrons. The molecule has 0 amide bonds. The van der Waals surface area contributed by atoms with Gasteiger partial charge in [-0.3, -0.25) is 4.79 Å². The standard InChI is InChI=1S/C16H12ClNO3S/c1-9(10-5-3-2-4-6-10)18-8-12(16(20)21)14(19)11-7-13(17)22-15(11)18/h2-9H,1H3,(H,20,21)/t9-/m1/s1. The fourth-order valence-electron chi connectivity index (χ4n) is 2.44. The summed E-state index contributed by atoms with van der Waals surface area (Å²) in [6.07, 6.45) is 1.40. The molecule has 0 bridgehead atoms. The number of pyridine rings is 1. The number of rotatable bonds is 3. The van der Waals surface area contributed by atoms with Crippen molar-refractivity contribution in [2.45, 2.75) is 13.0 Å². The third-order valence-electron chi connectivity index (χ3n) is 3.60. The minimum Gasteiger partial charge on any atom is -0.477 e. The van der Waals surface area contributed by atoms with Gasteiger partial charge >= 0.3 is 5.97 Å². The Kier molecular flexibility index (Phi) is 3.76. The van der Waals surface area contributed by atoms with E-state index in [-0.39, 0.29) is 11.6 Å².